The summed E-state index contributed by atoms with van der Waals surface area (Å²) in [5.74, 6) is 0.301. The van der Waals surface area contributed by atoms with Crippen LogP contribution < -0.4 is 19.3 Å². The maximum absolute atomic E-state index is 13.4. The van der Waals surface area contributed by atoms with Gasteiger partial charge in [0.15, 0.2) is 0 Å². The predicted molar refractivity (Wildman–Crippen MR) is 126 cm³/mol. The number of amides is 1. The fourth-order valence-electron chi connectivity index (χ4n) is 2.92. The third-order valence-electron chi connectivity index (χ3n) is 4.55. The molecular weight excluding hydrogens is 434 g/mol. The van der Waals surface area contributed by atoms with Gasteiger partial charge >= 0.3 is 0 Å². The van der Waals surface area contributed by atoms with Crippen LogP contribution in [0.2, 0.25) is 0 Å². The summed E-state index contributed by atoms with van der Waals surface area (Å²) in [6.45, 7) is 3.52. The zero-order valence-electron chi connectivity index (χ0n) is 18.6. The maximum Gasteiger partial charge on any atom is 0.264 e. The number of benzene rings is 2. The molecule has 0 spiro atoms. The monoisotopic (exact) mass is 466 g/mol. The van der Waals surface area contributed by atoms with Gasteiger partial charge in [-0.05, 0) is 61.7 Å². The molecular formula is C22H32N3O4S2+. The Morgan fingerprint density at radius 1 is 1.10 bits per heavy atom. The second-order valence-electron chi connectivity index (χ2n) is 7.27. The second kappa shape index (κ2) is 12.0. The standard InChI is InChI=1S/C22H31N3O4S2/c1-5-29-19-9-7-18(8-10-19)25(17-22(26)23-15-6-16-24(2)3)31(27,28)21-13-11-20(30-4)12-14-21/h7-14H,5-6,15-17H2,1-4H3,(H,23,26)/p+1. The molecule has 0 atom stereocenters. The van der Waals surface area contributed by atoms with E-state index in [-0.39, 0.29) is 17.3 Å². The number of carbonyl (C=O) groups is 1. The summed E-state index contributed by atoms with van der Waals surface area (Å²) in [4.78, 5) is 15.0. The van der Waals surface area contributed by atoms with Gasteiger partial charge < -0.3 is 15.0 Å². The number of hydrogen-bond acceptors (Lipinski definition) is 5. The Morgan fingerprint density at radius 2 is 1.74 bits per heavy atom. The third-order valence-corrected chi connectivity index (χ3v) is 7.08. The zero-order valence-corrected chi connectivity index (χ0v) is 20.2. The van der Waals surface area contributed by atoms with Gasteiger partial charge in [0.1, 0.15) is 12.3 Å². The highest BCUT2D eigenvalue weighted by molar-refractivity contribution is 7.98. The van der Waals surface area contributed by atoms with Crippen molar-refractivity contribution in [2.45, 2.75) is 23.1 Å². The van der Waals surface area contributed by atoms with Gasteiger partial charge in [0.05, 0.1) is 37.8 Å². The lowest BCUT2D eigenvalue weighted by Gasteiger charge is -2.24. The van der Waals surface area contributed by atoms with Crippen molar-refractivity contribution in [1.29, 1.82) is 0 Å². The summed E-state index contributed by atoms with van der Waals surface area (Å²) in [6.07, 6.45) is 2.75. The normalized spacial score (nSPS) is 11.4. The van der Waals surface area contributed by atoms with Crippen LogP contribution in [0.15, 0.2) is 58.3 Å². The van der Waals surface area contributed by atoms with Gasteiger partial charge in [0.2, 0.25) is 5.91 Å². The van der Waals surface area contributed by atoms with Crippen molar-refractivity contribution < 1.29 is 22.8 Å². The molecule has 2 rings (SSSR count). The number of nitrogens with one attached hydrogen (secondary N) is 2. The third kappa shape index (κ3) is 7.45. The van der Waals surface area contributed by atoms with E-state index in [1.807, 2.05) is 27.3 Å². The summed E-state index contributed by atoms with van der Waals surface area (Å²) in [5.41, 5.74) is 0.408. The van der Waals surface area contributed by atoms with Crippen LogP contribution in [-0.2, 0) is 14.8 Å². The summed E-state index contributed by atoms with van der Waals surface area (Å²) in [6, 6.07) is 13.4. The van der Waals surface area contributed by atoms with E-state index >= 15 is 0 Å². The Bertz CT molecular complexity index is 930. The van der Waals surface area contributed by atoms with Crippen molar-refractivity contribution in [1.82, 2.24) is 5.32 Å². The van der Waals surface area contributed by atoms with E-state index in [2.05, 4.69) is 5.32 Å². The van der Waals surface area contributed by atoms with Crippen LogP contribution in [0.4, 0.5) is 5.69 Å². The number of quaternary nitrogens is 1. The molecule has 31 heavy (non-hydrogen) atoms. The summed E-state index contributed by atoms with van der Waals surface area (Å²) < 4.78 is 33.4. The van der Waals surface area contributed by atoms with E-state index in [1.165, 1.54) is 16.7 Å². The van der Waals surface area contributed by atoms with Gasteiger partial charge in [-0.1, -0.05) is 0 Å². The van der Waals surface area contributed by atoms with Gasteiger partial charge in [0.25, 0.3) is 10.0 Å². The van der Waals surface area contributed by atoms with Crippen molar-refractivity contribution >= 4 is 33.4 Å². The lowest BCUT2D eigenvalue weighted by atomic mass is 10.3. The quantitative estimate of drug-likeness (QED) is 0.367. The van der Waals surface area contributed by atoms with Crippen LogP contribution in [0.25, 0.3) is 0 Å². The summed E-state index contributed by atoms with van der Waals surface area (Å²) in [5, 5.41) is 2.83. The van der Waals surface area contributed by atoms with Crippen LogP contribution >= 0.6 is 11.8 Å². The summed E-state index contributed by atoms with van der Waals surface area (Å²) in [7, 11) is 0.167. The SMILES string of the molecule is CCOc1ccc(N(CC(=O)NCCC[NH+](C)C)S(=O)(=O)c2ccc(SC)cc2)cc1. The van der Waals surface area contributed by atoms with Gasteiger partial charge in [0, 0.05) is 17.9 Å². The fraction of sp³-hybridized carbons (Fsp3) is 0.409. The number of carbonyl (C=O) groups excluding carboxylic acids is 1. The Labute approximate surface area is 189 Å². The molecule has 9 heteroatoms. The van der Waals surface area contributed by atoms with E-state index in [4.69, 9.17) is 4.74 Å². The van der Waals surface area contributed by atoms with Gasteiger partial charge in [-0.25, -0.2) is 8.42 Å². The topological polar surface area (TPSA) is 80.2 Å². The molecule has 1 amide bonds. The number of hydrogen-bond donors (Lipinski definition) is 2. The molecule has 0 heterocycles. The van der Waals surface area contributed by atoms with E-state index in [9.17, 15) is 13.2 Å². The first-order chi connectivity index (χ1) is 14.8. The molecule has 0 radical (unpaired) electrons. The summed E-state index contributed by atoms with van der Waals surface area (Å²) >= 11 is 1.53. The van der Waals surface area contributed by atoms with Crippen molar-refractivity contribution in [3.63, 3.8) is 0 Å². The molecule has 170 valence electrons. The Morgan fingerprint density at radius 3 is 2.29 bits per heavy atom. The van der Waals surface area contributed by atoms with Gasteiger partial charge in [-0.3, -0.25) is 9.10 Å². The Balaban J connectivity index is 2.27. The number of rotatable bonds is 12. The molecule has 0 saturated carbocycles. The number of sulfonamides is 1. The minimum Gasteiger partial charge on any atom is -0.494 e. The minimum absolute atomic E-state index is 0.142. The largest absolute Gasteiger partial charge is 0.494 e. The molecule has 0 aliphatic heterocycles. The van der Waals surface area contributed by atoms with E-state index < -0.39 is 10.0 Å². The number of nitrogens with zero attached hydrogens (tertiary/aromatic N) is 1. The van der Waals surface area contributed by atoms with Crippen molar-refractivity contribution in [2.24, 2.45) is 0 Å². The highest BCUT2D eigenvalue weighted by atomic mass is 32.2. The van der Waals surface area contributed by atoms with Crippen molar-refractivity contribution in [2.75, 3.05) is 50.9 Å². The van der Waals surface area contributed by atoms with E-state index in [1.54, 1.807) is 48.5 Å². The molecule has 0 aliphatic carbocycles. The average Bonchev–Trinajstić information content (AvgIpc) is 2.76. The van der Waals surface area contributed by atoms with Crippen LogP contribution in [0, 0.1) is 0 Å². The number of anilines is 1. The van der Waals surface area contributed by atoms with Gasteiger partial charge in [-0.15, -0.1) is 11.8 Å². The molecule has 0 aliphatic rings. The molecule has 7 nitrogen and oxygen atoms in total. The second-order valence-corrected chi connectivity index (χ2v) is 10.0. The van der Waals surface area contributed by atoms with Crippen LogP contribution in [0.3, 0.4) is 0 Å². The lowest BCUT2D eigenvalue weighted by molar-refractivity contribution is -0.858. The highest BCUT2D eigenvalue weighted by Gasteiger charge is 2.27. The molecule has 2 aromatic rings. The van der Waals surface area contributed by atoms with E-state index in [0.717, 1.165) is 22.2 Å². The number of ether oxygens (including phenoxy) is 1. The van der Waals surface area contributed by atoms with Crippen molar-refractivity contribution in [3.8, 4) is 5.75 Å². The molecule has 0 aromatic heterocycles. The zero-order chi connectivity index (χ0) is 22.9. The molecule has 2 N–H and O–H groups in total. The van der Waals surface area contributed by atoms with Crippen LogP contribution in [0.5, 0.6) is 5.75 Å². The Kier molecular flexibility index (Phi) is 9.67. The molecule has 0 saturated heterocycles. The first-order valence-electron chi connectivity index (χ1n) is 10.2. The van der Waals surface area contributed by atoms with E-state index in [0.29, 0.717) is 24.6 Å². The molecule has 2 aromatic carbocycles. The fourth-order valence-corrected chi connectivity index (χ4v) is 4.75. The molecule has 0 bridgehead atoms. The first-order valence-corrected chi connectivity index (χ1v) is 12.9. The maximum atomic E-state index is 13.4. The molecule has 0 fully saturated rings. The lowest BCUT2D eigenvalue weighted by Crippen LogP contribution is -3.05. The highest BCUT2D eigenvalue weighted by Crippen LogP contribution is 2.27. The minimum atomic E-state index is -3.93. The smallest absolute Gasteiger partial charge is 0.264 e. The van der Waals surface area contributed by atoms with Gasteiger partial charge in [-0.2, -0.15) is 0 Å². The van der Waals surface area contributed by atoms with Crippen LogP contribution in [0.1, 0.15) is 13.3 Å². The van der Waals surface area contributed by atoms with Crippen molar-refractivity contribution in [3.05, 3.63) is 48.5 Å². The molecule has 0 unspecified atom stereocenters. The average molecular weight is 467 g/mol. The number of thioether (sulfide) groups is 1. The van der Waals surface area contributed by atoms with Crippen LogP contribution in [-0.4, -0.2) is 60.9 Å². The predicted octanol–water partition coefficient (Wildman–Crippen LogP) is 1.65. The first kappa shape index (κ1) is 25.0. The Hall–Kier alpha value is -2.23.